The van der Waals surface area contributed by atoms with Gasteiger partial charge in [0.2, 0.25) is 0 Å². The molecule has 0 saturated heterocycles. The van der Waals surface area contributed by atoms with Crippen LogP contribution in [0.3, 0.4) is 0 Å². The Balaban J connectivity index is 0.000000251. The van der Waals surface area contributed by atoms with Crippen LogP contribution in [-0.4, -0.2) is 6.23 Å². The highest BCUT2D eigenvalue weighted by molar-refractivity contribution is 5.59. The van der Waals surface area contributed by atoms with Crippen LogP contribution in [0.1, 0.15) is 27.2 Å². The average Bonchev–Trinajstić information content (AvgIpc) is 2.45. The zero-order chi connectivity index (χ0) is 9.68. The van der Waals surface area contributed by atoms with Crippen molar-refractivity contribution in [2.75, 3.05) is 5.32 Å². The molecule has 0 aromatic heterocycles. The minimum atomic E-state index is 0.123. The fourth-order valence-corrected chi connectivity index (χ4v) is 1.13. The van der Waals surface area contributed by atoms with Crippen LogP contribution < -0.4 is 10.1 Å². The Morgan fingerprint density at radius 2 is 1.92 bits per heavy atom. The number of fused-ring (bicyclic) bond motifs is 1. The molecule has 0 saturated carbocycles. The SMILES string of the molecule is CC1Nc2ccccc2O1.CCC. The molecule has 1 aliphatic rings. The molecule has 13 heavy (non-hydrogen) atoms. The number of hydrogen-bond acceptors (Lipinski definition) is 2. The molecular weight excluding hydrogens is 162 g/mol. The quantitative estimate of drug-likeness (QED) is 0.660. The van der Waals surface area contributed by atoms with Crippen LogP contribution in [0.15, 0.2) is 24.3 Å². The highest BCUT2D eigenvalue weighted by Crippen LogP contribution is 2.30. The molecular formula is C11H17NO. The number of hydrogen-bond donors (Lipinski definition) is 1. The van der Waals surface area contributed by atoms with Gasteiger partial charge in [-0.3, -0.25) is 0 Å². The summed E-state index contributed by atoms with van der Waals surface area (Å²) in [7, 11) is 0. The smallest absolute Gasteiger partial charge is 0.167 e. The monoisotopic (exact) mass is 179 g/mol. The van der Waals surface area contributed by atoms with E-state index < -0.39 is 0 Å². The average molecular weight is 179 g/mol. The van der Waals surface area contributed by atoms with Gasteiger partial charge in [-0.15, -0.1) is 0 Å². The minimum absolute atomic E-state index is 0.123. The summed E-state index contributed by atoms with van der Waals surface area (Å²) in [5.41, 5.74) is 1.09. The molecule has 2 rings (SSSR count). The van der Waals surface area contributed by atoms with E-state index in [9.17, 15) is 0 Å². The van der Waals surface area contributed by atoms with Gasteiger partial charge in [-0.25, -0.2) is 0 Å². The molecule has 1 heterocycles. The molecule has 2 heteroatoms. The lowest BCUT2D eigenvalue weighted by atomic mass is 10.3. The van der Waals surface area contributed by atoms with Gasteiger partial charge in [-0.2, -0.15) is 0 Å². The first-order valence-corrected chi connectivity index (χ1v) is 4.80. The van der Waals surface area contributed by atoms with E-state index in [-0.39, 0.29) is 6.23 Å². The number of benzene rings is 1. The highest BCUT2D eigenvalue weighted by Gasteiger charge is 2.15. The second kappa shape index (κ2) is 4.75. The van der Waals surface area contributed by atoms with E-state index in [1.54, 1.807) is 0 Å². The molecule has 0 bridgehead atoms. The molecule has 0 fully saturated rings. The van der Waals surface area contributed by atoms with Crippen LogP contribution in [0.4, 0.5) is 5.69 Å². The van der Waals surface area contributed by atoms with Crippen LogP contribution in [0.5, 0.6) is 5.75 Å². The predicted octanol–water partition coefficient (Wildman–Crippen LogP) is 3.25. The molecule has 2 nitrogen and oxygen atoms in total. The van der Waals surface area contributed by atoms with Crippen molar-refractivity contribution in [2.24, 2.45) is 0 Å². The molecule has 1 N–H and O–H groups in total. The molecule has 0 spiro atoms. The lowest BCUT2D eigenvalue weighted by molar-refractivity contribution is 0.275. The van der Waals surface area contributed by atoms with Crippen LogP contribution in [0, 0.1) is 0 Å². The van der Waals surface area contributed by atoms with Crippen molar-refractivity contribution in [3.05, 3.63) is 24.3 Å². The highest BCUT2D eigenvalue weighted by atomic mass is 16.5. The number of para-hydroxylation sites is 2. The Bertz CT molecular complexity index is 235. The van der Waals surface area contributed by atoms with Gasteiger partial charge in [-0.1, -0.05) is 32.4 Å². The summed E-state index contributed by atoms with van der Waals surface area (Å²) in [5, 5.41) is 3.18. The Morgan fingerprint density at radius 3 is 2.54 bits per heavy atom. The largest absolute Gasteiger partial charge is 0.469 e. The van der Waals surface area contributed by atoms with Gasteiger partial charge in [0.15, 0.2) is 6.23 Å². The third-order valence-corrected chi connectivity index (χ3v) is 1.55. The maximum absolute atomic E-state index is 5.40. The zero-order valence-electron chi connectivity index (χ0n) is 8.50. The van der Waals surface area contributed by atoms with Crippen molar-refractivity contribution in [3.63, 3.8) is 0 Å². The zero-order valence-corrected chi connectivity index (χ0v) is 8.50. The summed E-state index contributed by atoms with van der Waals surface area (Å²) in [4.78, 5) is 0. The van der Waals surface area contributed by atoms with E-state index in [2.05, 4.69) is 19.2 Å². The van der Waals surface area contributed by atoms with Gasteiger partial charge in [0.25, 0.3) is 0 Å². The van der Waals surface area contributed by atoms with Gasteiger partial charge < -0.3 is 10.1 Å². The Hall–Kier alpha value is -1.18. The maximum atomic E-state index is 5.40. The minimum Gasteiger partial charge on any atom is -0.469 e. The Labute approximate surface area is 79.9 Å². The van der Waals surface area contributed by atoms with E-state index in [1.165, 1.54) is 6.42 Å². The number of nitrogens with one attached hydrogen (secondary N) is 1. The Morgan fingerprint density at radius 1 is 1.31 bits per heavy atom. The van der Waals surface area contributed by atoms with Gasteiger partial charge in [0, 0.05) is 0 Å². The second-order valence-electron chi connectivity index (χ2n) is 3.11. The van der Waals surface area contributed by atoms with Gasteiger partial charge in [-0.05, 0) is 19.1 Å². The first-order valence-electron chi connectivity index (χ1n) is 4.80. The third kappa shape index (κ3) is 2.65. The predicted molar refractivity (Wildman–Crippen MR) is 56.1 cm³/mol. The second-order valence-corrected chi connectivity index (χ2v) is 3.11. The molecule has 1 atom stereocenters. The van der Waals surface area contributed by atoms with Crippen molar-refractivity contribution in [3.8, 4) is 5.75 Å². The molecule has 72 valence electrons. The fraction of sp³-hybridized carbons (Fsp3) is 0.455. The number of rotatable bonds is 0. The lowest BCUT2D eigenvalue weighted by Gasteiger charge is -2.00. The maximum Gasteiger partial charge on any atom is 0.167 e. The molecule has 1 aromatic rings. The van der Waals surface area contributed by atoms with E-state index >= 15 is 0 Å². The standard InChI is InChI=1S/C8H9NO.C3H8/c1-6-9-7-4-2-3-5-8(7)10-6;1-3-2/h2-6,9H,1H3;3H2,1-2H3. The van der Waals surface area contributed by atoms with Crippen molar-refractivity contribution in [1.29, 1.82) is 0 Å². The first kappa shape index (κ1) is 9.90. The van der Waals surface area contributed by atoms with E-state index in [1.807, 2.05) is 31.2 Å². The normalized spacial score (nSPS) is 17.6. The van der Waals surface area contributed by atoms with Crippen molar-refractivity contribution >= 4 is 5.69 Å². The first-order chi connectivity index (χ1) is 6.27. The molecule has 0 aliphatic carbocycles. The summed E-state index contributed by atoms with van der Waals surface area (Å²) in [6, 6.07) is 7.94. The molecule has 1 aliphatic heterocycles. The topological polar surface area (TPSA) is 21.3 Å². The molecule has 1 unspecified atom stereocenters. The summed E-state index contributed by atoms with van der Waals surface area (Å²) in [6.07, 6.45) is 1.37. The van der Waals surface area contributed by atoms with Crippen molar-refractivity contribution < 1.29 is 4.74 Å². The van der Waals surface area contributed by atoms with E-state index in [4.69, 9.17) is 4.74 Å². The van der Waals surface area contributed by atoms with E-state index in [0.717, 1.165) is 11.4 Å². The van der Waals surface area contributed by atoms with Gasteiger partial charge >= 0.3 is 0 Å². The lowest BCUT2D eigenvalue weighted by Crippen LogP contribution is -2.13. The number of ether oxygens (including phenoxy) is 1. The summed E-state index contributed by atoms with van der Waals surface area (Å²) < 4.78 is 5.40. The van der Waals surface area contributed by atoms with Crippen molar-refractivity contribution in [1.82, 2.24) is 0 Å². The van der Waals surface area contributed by atoms with Gasteiger partial charge in [0.1, 0.15) is 5.75 Å². The van der Waals surface area contributed by atoms with Crippen molar-refractivity contribution in [2.45, 2.75) is 33.4 Å². The van der Waals surface area contributed by atoms with Crippen LogP contribution in [0.25, 0.3) is 0 Å². The third-order valence-electron chi connectivity index (χ3n) is 1.55. The fourth-order valence-electron chi connectivity index (χ4n) is 1.13. The molecule has 0 radical (unpaired) electrons. The van der Waals surface area contributed by atoms with Crippen LogP contribution >= 0.6 is 0 Å². The summed E-state index contributed by atoms with van der Waals surface area (Å²) >= 11 is 0. The van der Waals surface area contributed by atoms with E-state index in [0.29, 0.717) is 0 Å². The Kier molecular flexibility index (Phi) is 3.62. The molecule has 0 amide bonds. The molecule has 1 aromatic carbocycles. The number of anilines is 1. The van der Waals surface area contributed by atoms with Gasteiger partial charge in [0.05, 0.1) is 5.69 Å². The van der Waals surface area contributed by atoms with Crippen LogP contribution in [-0.2, 0) is 0 Å². The summed E-state index contributed by atoms with van der Waals surface area (Å²) in [5.74, 6) is 0.954. The summed E-state index contributed by atoms with van der Waals surface area (Å²) in [6.45, 7) is 6.24. The van der Waals surface area contributed by atoms with Crippen LogP contribution in [0.2, 0.25) is 0 Å².